The Kier molecular flexibility index (Phi) is 18.6. The molecule has 5 atom stereocenters. The molecule has 0 spiro atoms. The van der Waals surface area contributed by atoms with Gasteiger partial charge in [0.05, 0.1) is 36.5 Å². The number of ether oxygens (including phenoxy) is 4. The summed E-state index contributed by atoms with van der Waals surface area (Å²) in [5, 5.41) is 5.53. The topological polar surface area (TPSA) is 169 Å². The van der Waals surface area contributed by atoms with Gasteiger partial charge in [0, 0.05) is 88.0 Å². The van der Waals surface area contributed by atoms with Crippen LogP contribution < -0.4 is 15.6 Å². The molecule has 3 amide bonds. The molecule has 0 bridgehead atoms. The molecule has 2 aromatic carbocycles. The van der Waals surface area contributed by atoms with Crippen LogP contribution in [-0.2, 0) is 52.5 Å². The third kappa shape index (κ3) is 14.4. The highest BCUT2D eigenvalue weighted by Crippen LogP contribution is 2.48. The van der Waals surface area contributed by atoms with Crippen LogP contribution in [0.4, 0.5) is 15.3 Å². The SMILES string of the molecule is CCn1c(-c2cc(N3CCN(C(=O)OCc4ccccc4)CC3)cnc2C(C)OC)c(CC(C)(C)CO[Si](C)(C)C(C)(C)C)c2cc(C3CC3N(C)CC(NC(=O)OC(C)(C)C)C(=O)N3CCC[C@@H](C(=O)OC)N3)ccc21. The lowest BCUT2D eigenvalue weighted by Gasteiger charge is -2.39. The minimum absolute atomic E-state index is 0.0533. The third-order valence-corrected chi connectivity index (χ3v) is 20.4. The number of esters is 1. The number of carbonyl (C=O) groups is 4. The van der Waals surface area contributed by atoms with Crippen molar-refractivity contribution in [3.05, 3.63) is 83.2 Å². The maximum absolute atomic E-state index is 14.3. The molecule has 7 rings (SSSR count). The summed E-state index contributed by atoms with van der Waals surface area (Å²) in [5.74, 6) is -0.629. The second-order valence-corrected chi connectivity index (χ2v) is 29.5. The van der Waals surface area contributed by atoms with E-state index in [1.165, 1.54) is 28.6 Å². The normalized spacial score (nSPS) is 19.3. The molecule has 4 aromatic rings. The lowest BCUT2D eigenvalue weighted by molar-refractivity contribution is -0.150. The average molecular weight is 1080 g/mol. The number of rotatable bonds is 19. The molecular weight excluding hydrogens is 993 g/mol. The van der Waals surface area contributed by atoms with E-state index in [4.69, 9.17) is 28.4 Å². The fourth-order valence-corrected chi connectivity index (χ4v) is 11.5. The van der Waals surface area contributed by atoms with Gasteiger partial charge < -0.3 is 48.0 Å². The van der Waals surface area contributed by atoms with Gasteiger partial charge in [0.1, 0.15) is 24.3 Å². The fourth-order valence-electron chi connectivity index (χ4n) is 10.4. The Hall–Kier alpha value is -5.53. The number of fused-ring (bicyclic) bond motifs is 1. The summed E-state index contributed by atoms with van der Waals surface area (Å²) in [6.07, 6.45) is 3.37. The largest absolute Gasteiger partial charge is 0.468 e. The standard InChI is InChI=1S/C59H88N8O9Si/c1-16-66-49-25-24-41(43-33-50(43)63(11)36-48(61-55(70)76-57(3,4)5)53(68)67-26-20-23-47(62-67)54(69)73-13)31-44(49)46(34-59(9,10)38-75-77(14,15)58(6,7)8)52(66)45-32-42(35-60-51(45)39(2)72-12)64-27-29-65(30-28-64)56(71)74-37-40-21-18-17-19-22-40/h17-19,21-22,24-25,31-32,35,39,43,47-48,50,62H,16,20,23,26-30,33-34,36-38H2,1-15H3,(H,61,70)/t39?,43?,47-,48?,50?/m0/s1. The number of hydrogen-bond donors (Lipinski definition) is 2. The molecule has 3 aliphatic rings. The van der Waals surface area contributed by atoms with Crippen molar-refractivity contribution in [3.63, 3.8) is 0 Å². The van der Waals surface area contributed by atoms with Crippen molar-refractivity contribution in [1.82, 2.24) is 35.1 Å². The zero-order valence-electron chi connectivity index (χ0n) is 48.7. The smallest absolute Gasteiger partial charge is 0.410 e. The Morgan fingerprint density at radius 2 is 1.64 bits per heavy atom. The van der Waals surface area contributed by atoms with E-state index in [2.05, 4.69) is 104 Å². The molecule has 1 saturated carbocycles. The van der Waals surface area contributed by atoms with Crippen molar-refractivity contribution in [2.24, 2.45) is 5.41 Å². The Balaban J connectivity index is 1.22. The summed E-state index contributed by atoms with van der Waals surface area (Å²) in [5.41, 5.74) is 10.5. The Morgan fingerprint density at radius 1 is 0.935 bits per heavy atom. The van der Waals surface area contributed by atoms with E-state index in [9.17, 15) is 19.2 Å². The number of amides is 3. The first-order valence-corrected chi connectivity index (χ1v) is 30.5. The number of aryl methyl sites for hydroxylation is 1. The predicted octanol–water partition coefficient (Wildman–Crippen LogP) is 9.83. The van der Waals surface area contributed by atoms with Gasteiger partial charge in [0.2, 0.25) is 0 Å². The zero-order chi connectivity index (χ0) is 56.2. The first-order valence-electron chi connectivity index (χ1n) is 27.6. The van der Waals surface area contributed by atoms with Crippen LogP contribution in [0.5, 0.6) is 0 Å². The summed E-state index contributed by atoms with van der Waals surface area (Å²) < 4.78 is 31.8. The van der Waals surface area contributed by atoms with Gasteiger partial charge in [0.15, 0.2) is 8.32 Å². The highest BCUT2D eigenvalue weighted by atomic mass is 28.4. The van der Waals surface area contributed by atoms with Gasteiger partial charge in [-0.2, -0.15) is 0 Å². The number of pyridine rings is 1. The Morgan fingerprint density at radius 3 is 2.27 bits per heavy atom. The van der Waals surface area contributed by atoms with Crippen LogP contribution in [0, 0.1) is 5.41 Å². The summed E-state index contributed by atoms with van der Waals surface area (Å²) in [7, 11) is 2.96. The number of nitrogens with one attached hydrogen (secondary N) is 2. The van der Waals surface area contributed by atoms with Gasteiger partial charge in [-0.05, 0) is 126 Å². The van der Waals surface area contributed by atoms with Gasteiger partial charge in [-0.3, -0.25) is 19.6 Å². The van der Waals surface area contributed by atoms with Gasteiger partial charge in [-0.25, -0.2) is 15.0 Å². The zero-order valence-corrected chi connectivity index (χ0v) is 49.7. The number of anilines is 1. The minimum Gasteiger partial charge on any atom is -0.468 e. The number of likely N-dealkylation sites (N-methyl/N-ethyl adjacent to an activating group) is 1. The molecule has 1 aliphatic carbocycles. The second kappa shape index (κ2) is 24.2. The van der Waals surface area contributed by atoms with Crippen molar-refractivity contribution in [2.75, 3.05) is 72.0 Å². The lowest BCUT2D eigenvalue weighted by atomic mass is 9.84. The molecule has 3 fully saturated rings. The first kappa shape index (κ1) is 59.1. The van der Waals surface area contributed by atoms with Crippen molar-refractivity contribution in [3.8, 4) is 11.3 Å². The van der Waals surface area contributed by atoms with E-state index in [1.54, 1.807) is 32.8 Å². The van der Waals surface area contributed by atoms with E-state index in [1.807, 2.05) is 50.5 Å². The van der Waals surface area contributed by atoms with Crippen LogP contribution in [-0.4, -0.2) is 148 Å². The highest BCUT2D eigenvalue weighted by molar-refractivity contribution is 6.74. The molecule has 77 heavy (non-hydrogen) atoms. The fraction of sp³-hybridized carbons (Fsp3) is 0.610. The molecule has 2 saturated heterocycles. The molecule has 2 aliphatic heterocycles. The maximum Gasteiger partial charge on any atom is 0.410 e. The van der Waals surface area contributed by atoms with Gasteiger partial charge >= 0.3 is 18.2 Å². The third-order valence-electron chi connectivity index (χ3n) is 15.9. The number of piperazine rings is 1. The Bertz CT molecular complexity index is 2710. The van der Waals surface area contributed by atoms with E-state index >= 15 is 0 Å². The van der Waals surface area contributed by atoms with E-state index in [-0.39, 0.29) is 53.7 Å². The van der Waals surface area contributed by atoms with Crippen molar-refractivity contribution in [2.45, 2.75) is 162 Å². The quantitative estimate of drug-likeness (QED) is 0.0518. The highest BCUT2D eigenvalue weighted by Gasteiger charge is 2.45. The summed E-state index contributed by atoms with van der Waals surface area (Å²) in [6.45, 7) is 30.1. The van der Waals surface area contributed by atoms with E-state index in [0.29, 0.717) is 58.7 Å². The molecule has 18 heteroatoms. The first-order chi connectivity index (χ1) is 36.2. The average Bonchev–Trinajstić information content (AvgIpc) is 4.20. The number of carbonyl (C=O) groups excluding carboxylic acids is 4. The molecule has 0 radical (unpaired) electrons. The van der Waals surface area contributed by atoms with Gasteiger partial charge in [0.25, 0.3) is 5.91 Å². The Labute approximate surface area is 458 Å². The van der Waals surface area contributed by atoms with Gasteiger partial charge in [-0.1, -0.05) is 71.0 Å². The van der Waals surface area contributed by atoms with Crippen LogP contribution in [0.3, 0.4) is 0 Å². The number of hydrazine groups is 1. The molecule has 4 unspecified atom stereocenters. The minimum atomic E-state index is -2.10. The summed E-state index contributed by atoms with van der Waals surface area (Å²) in [6, 6.07) is 17.4. The van der Waals surface area contributed by atoms with Gasteiger partial charge in [-0.15, -0.1) is 0 Å². The number of benzene rings is 2. The molecule has 2 N–H and O–H groups in total. The van der Waals surface area contributed by atoms with Crippen molar-refractivity contribution in [1.29, 1.82) is 0 Å². The number of aromatic nitrogens is 2. The number of alkyl carbamates (subject to hydrolysis) is 1. The predicted molar refractivity (Wildman–Crippen MR) is 304 cm³/mol. The molecule has 17 nitrogen and oxygen atoms in total. The second-order valence-electron chi connectivity index (χ2n) is 24.6. The van der Waals surface area contributed by atoms with Crippen LogP contribution in [0.2, 0.25) is 18.1 Å². The maximum atomic E-state index is 14.3. The van der Waals surface area contributed by atoms with E-state index < -0.39 is 38.1 Å². The number of methoxy groups -OCH3 is 2. The van der Waals surface area contributed by atoms with Crippen LogP contribution >= 0.6 is 0 Å². The van der Waals surface area contributed by atoms with Crippen LogP contribution in [0.1, 0.15) is 123 Å². The van der Waals surface area contributed by atoms with Crippen LogP contribution in [0.15, 0.2) is 60.8 Å². The monoisotopic (exact) mass is 1080 g/mol. The summed E-state index contributed by atoms with van der Waals surface area (Å²) in [4.78, 5) is 64.7. The van der Waals surface area contributed by atoms with Crippen molar-refractivity contribution < 1.29 is 42.6 Å². The summed E-state index contributed by atoms with van der Waals surface area (Å²) >= 11 is 0. The molecular formula is C59H88N8O9Si. The molecule has 2 aromatic heterocycles. The lowest BCUT2D eigenvalue weighted by Crippen LogP contribution is -2.62. The number of hydrogen-bond acceptors (Lipinski definition) is 13. The van der Waals surface area contributed by atoms with Crippen molar-refractivity contribution >= 4 is 49.0 Å². The molecule has 4 heterocycles. The van der Waals surface area contributed by atoms with Crippen LogP contribution in [0.25, 0.3) is 22.2 Å². The molecule has 422 valence electrons. The van der Waals surface area contributed by atoms with E-state index in [0.717, 1.165) is 46.6 Å². The number of nitrogens with zero attached hydrogens (tertiary/aromatic N) is 6.